The number of hydrogen-bond acceptors (Lipinski definition) is 4. The van der Waals surface area contributed by atoms with Gasteiger partial charge in [0.2, 0.25) is 0 Å². The molecule has 5 aromatic rings. The highest BCUT2D eigenvalue weighted by atomic mass is 32.1. The average Bonchev–Trinajstić information content (AvgIpc) is 3.42. The van der Waals surface area contributed by atoms with Crippen molar-refractivity contribution in [3.8, 4) is 28.2 Å². The summed E-state index contributed by atoms with van der Waals surface area (Å²) in [6.45, 7) is 1.98. The van der Waals surface area contributed by atoms with Crippen LogP contribution in [0.15, 0.2) is 71.0 Å². The van der Waals surface area contributed by atoms with Gasteiger partial charge in [-0.3, -0.25) is 13.9 Å². The summed E-state index contributed by atoms with van der Waals surface area (Å²) in [7, 11) is 5.97. The van der Waals surface area contributed by atoms with E-state index in [2.05, 4.69) is 29.2 Å². The Balaban J connectivity index is 1.63. The minimum absolute atomic E-state index is 0.0310. The Labute approximate surface area is 184 Å². The van der Waals surface area contributed by atoms with Gasteiger partial charge in [-0.1, -0.05) is 30.3 Å². The maximum Gasteiger partial charge on any atom is 0.281 e. The fourth-order valence-electron chi connectivity index (χ4n) is 3.90. The van der Waals surface area contributed by atoms with Gasteiger partial charge in [0, 0.05) is 49.7 Å². The van der Waals surface area contributed by atoms with E-state index in [9.17, 15) is 4.79 Å². The maximum atomic E-state index is 13.4. The third-order valence-corrected chi connectivity index (χ3v) is 6.54. The van der Waals surface area contributed by atoms with Crippen LogP contribution < -0.4 is 10.5 Å². The van der Waals surface area contributed by atoms with E-state index in [0.717, 1.165) is 39.0 Å². The topological polar surface area (TPSA) is 47.5 Å². The SMILES string of the molecule is Cc1c(-c2csc3nc(-c4ccc(N(C)C)cc4)cn23)c(=O)n(-c2ccccc2)n1C. The molecule has 0 amide bonds. The van der Waals surface area contributed by atoms with Crippen molar-refractivity contribution >= 4 is 22.0 Å². The van der Waals surface area contributed by atoms with Crippen molar-refractivity contribution in [2.24, 2.45) is 7.05 Å². The van der Waals surface area contributed by atoms with Gasteiger partial charge in [0.1, 0.15) is 0 Å². The molecule has 0 atom stereocenters. The van der Waals surface area contributed by atoms with Crippen molar-refractivity contribution in [2.45, 2.75) is 6.92 Å². The van der Waals surface area contributed by atoms with E-state index in [1.165, 1.54) is 0 Å². The lowest BCUT2D eigenvalue weighted by molar-refractivity contribution is 0.630. The molecule has 0 saturated heterocycles. The average molecular weight is 430 g/mol. The van der Waals surface area contributed by atoms with Crippen LogP contribution in [-0.2, 0) is 7.05 Å². The van der Waals surface area contributed by atoms with Crippen LogP contribution in [0.5, 0.6) is 0 Å². The molecule has 6 nitrogen and oxygen atoms in total. The Hall–Kier alpha value is -3.58. The zero-order valence-corrected chi connectivity index (χ0v) is 18.7. The van der Waals surface area contributed by atoms with E-state index in [4.69, 9.17) is 4.98 Å². The Morgan fingerprint density at radius 2 is 1.71 bits per heavy atom. The second-order valence-electron chi connectivity index (χ2n) is 7.78. The molecule has 0 aliphatic carbocycles. The molecule has 31 heavy (non-hydrogen) atoms. The monoisotopic (exact) mass is 429 g/mol. The molecule has 0 fully saturated rings. The number of anilines is 1. The van der Waals surface area contributed by atoms with Gasteiger partial charge in [-0.05, 0) is 31.2 Å². The van der Waals surface area contributed by atoms with Crippen LogP contribution in [-0.4, -0.2) is 32.8 Å². The number of fused-ring (bicyclic) bond motifs is 1. The first kappa shape index (κ1) is 19.4. The van der Waals surface area contributed by atoms with Gasteiger partial charge in [0.25, 0.3) is 5.56 Å². The van der Waals surface area contributed by atoms with E-state index in [-0.39, 0.29) is 5.56 Å². The zero-order chi connectivity index (χ0) is 21.7. The number of aromatic nitrogens is 4. The first-order valence-electron chi connectivity index (χ1n) is 10.0. The lowest BCUT2D eigenvalue weighted by Gasteiger charge is -2.12. The zero-order valence-electron chi connectivity index (χ0n) is 17.9. The van der Waals surface area contributed by atoms with Crippen molar-refractivity contribution in [1.29, 1.82) is 0 Å². The number of hydrogen-bond donors (Lipinski definition) is 0. The number of thiazole rings is 1. The fraction of sp³-hybridized carbons (Fsp3) is 0.167. The minimum atomic E-state index is -0.0310. The van der Waals surface area contributed by atoms with Crippen molar-refractivity contribution in [3.05, 3.63) is 82.2 Å². The molecule has 0 aliphatic rings. The molecule has 2 aromatic carbocycles. The van der Waals surface area contributed by atoms with E-state index in [1.54, 1.807) is 16.0 Å². The van der Waals surface area contributed by atoms with Crippen LogP contribution in [0, 0.1) is 6.92 Å². The summed E-state index contributed by atoms with van der Waals surface area (Å²) >= 11 is 1.55. The molecule has 0 N–H and O–H groups in total. The molecule has 3 aromatic heterocycles. The van der Waals surface area contributed by atoms with Crippen molar-refractivity contribution in [1.82, 2.24) is 18.7 Å². The third kappa shape index (κ3) is 3.09. The van der Waals surface area contributed by atoms with Crippen molar-refractivity contribution < 1.29 is 0 Å². The molecule has 0 aliphatic heterocycles. The normalized spacial score (nSPS) is 11.4. The predicted molar refractivity (Wildman–Crippen MR) is 128 cm³/mol. The van der Waals surface area contributed by atoms with E-state index in [0.29, 0.717) is 5.56 Å². The summed E-state index contributed by atoms with van der Waals surface area (Å²) in [5, 5.41) is 2.01. The van der Waals surface area contributed by atoms with Gasteiger partial charge >= 0.3 is 0 Å². The number of rotatable bonds is 4. The van der Waals surface area contributed by atoms with Crippen LogP contribution in [0.4, 0.5) is 5.69 Å². The highest BCUT2D eigenvalue weighted by Crippen LogP contribution is 2.30. The van der Waals surface area contributed by atoms with Gasteiger partial charge in [-0.15, -0.1) is 11.3 Å². The van der Waals surface area contributed by atoms with Gasteiger partial charge < -0.3 is 4.90 Å². The number of para-hydroxylation sites is 1. The van der Waals surface area contributed by atoms with Gasteiger partial charge in [-0.2, -0.15) is 0 Å². The molecule has 0 saturated carbocycles. The Bertz CT molecular complexity index is 1440. The maximum absolute atomic E-state index is 13.4. The van der Waals surface area contributed by atoms with Gasteiger partial charge in [-0.25, -0.2) is 9.67 Å². The van der Waals surface area contributed by atoms with Crippen LogP contribution in [0.3, 0.4) is 0 Å². The van der Waals surface area contributed by atoms with Crippen molar-refractivity contribution in [2.75, 3.05) is 19.0 Å². The summed E-state index contributed by atoms with van der Waals surface area (Å²) in [4.78, 5) is 21.2. The first-order chi connectivity index (χ1) is 15.0. The number of imidazole rings is 1. The lowest BCUT2D eigenvalue weighted by Crippen LogP contribution is -2.20. The number of benzene rings is 2. The summed E-state index contributed by atoms with van der Waals surface area (Å²) in [5.41, 5.74) is 6.40. The molecule has 0 bridgehead atoms. The lowest BCUT2D eigenvalue weighted by atomic mass is 10.1. The molecule has 156 valence electrons. The van der Waals surface area contributed by atoms with Crippen LogP contribution in [0.2, 0.25) is 0 Å². The van der Waals surface area contributed by atoms with Crippen LogP contribution in [0.1, 0.15) is 5.69 Å². The largest absolute Gasteiger partial charge is 0.378 e. The van der Waals surface area contributed by atoms with E-state index < -0.39 is 0 Å². The summed E-state index contributed by atoms with van der Waals surface area (Å²) in [6, 6.07) is 18.1. The van der Waals surface area contributed by atoms with Gasteiger partial charge in [0.15, 0.2) is 4.96 Å². The van der Waals surface area contributed by atoms with Crippen LogP contribution >= 0.6 is 11.3 Å². The molecule has 5 rings (SSSR count). The third-order valence-electron chi connectivity index (χ3n) is 5.70. The number of nitrogens with zero attached hydrogens (tertiary/aromatic N) is 5. The predicted octanol–water partition coefficient (Wildman–Crippen LogP) is 4.59. The quantitative estimate of drug-likeness (QED) is 0.420. The minimum Gasteiger partial charge on any atom is -0.378 e. The standard InChI is InChI=1S/C24H23N5OS/c1-16-22(23(30)29(27(16)4)19-8-6-5-7-9-19)21-15-31-24-25-20(14-28(21)24)17-10-12-18(13-11-17)26(2)3/h5-15H,1-4H3. The molecule has 0 radical (unpaired) electrons. The smallest absolute Gasteiger partial charge is 0.281 e. The highest BCUT2D eigenvalue weighted by molar-refractivity contribution is 7.15. The van der Waals surface area contributed by atoms with Gasteiger partial charge in [0.05, 0.1) is 22.6 Å². The molecule has 3 heterocycles. The summed E-state index contributed by atoms with van der Waals surface area (Å²) in [5.74, 6) is 0. The molecule has 0 spiro atoms. The van der Waals surface area contributed by atoms with E-state index in [1.807, 2.05) is 79.1 Å². The highest BCUT2D eigenvalue weighted by Gasteiger charge is 2.21. The summed E-state index contributed by atoms with van der Waals surface area (Å²) in [6.07, 6.45) is 2.02. The summed E-state index contributed by atoms with van der Waals surface area (Å²) < 4.78 is 5.65. The molecular formula is C24H23N5OS. The van der Waals surface area contributed by atoms with Crippen molar-refractivity contribution in [3.63, 3.8) is 0 Å². The Morgan fingerprint density at radius 3 is 2.39 bits per heavy atom. The Morgan fingerprint density at radius 1 is 1.00 bits per heavy atom. The molecule has 0 unspecified atom stereocenters. The van der Waals surface area contributed by atoms with Crippen LogP contribution in [0.25, 0.3) is 33.2 Å². The molecular weight excluding hydrogens is 406 g/mol. The first-order valence-corrected chi connectivity index (χ1v) is 10.9. The van der Waals surface area contributed by atoms with E-state index >= 15 is 0 Å². The second kappa shape index (κ2) is 7.28. The molecule has 7 heteroatoms. The second-order valence-corrected chi connectivity index (χ2v) is 8.61. The fourth-order valence-corrected chi connectivity index (χ4v) is 4.76. The Kier molecular flexibility index (Phi) is 4.55.